The molecule has 2 aromatic heterocycles. The van der Waals surface area contributed by atoms with Crippen LogP contribution in [0.25, 0.3) is 0 Å². The lowest BCUT2D eigenvalue weighted by Gasteiger charge is -2.33. The largest absolute Gasteiger partial charge is 0.450 e. The van der Waals surface area contributed by atoms with E-state index in [1.54, 1.807) is 18.6 Å². The summed E-state index contributed by atoms with van der Waals surface area (Å²) in [4.78, 5) is 10.9. The summed E-state index contributed by atoms with van der Waals surface area (Å²) in [5, 5.41) is 0. The molecule has 0 saturated carbocycles. The van der Waals surface area contributed by atoms with Crippen LogP contribution >= 0.6 is 0 Å². The van der Waals surface area contributed by atoms with Gasteiger partial charge in [-0.2, -0.15) is 0 Å². The topological polar surface area (TPSA) is 38.2 Å². The average Bonchev–Trinajstić information content (AvgIpc) is 2.53. The Bertz CT molecular complexity index is 836. The molecule has 0 fully saturated rings. The van der Waals surface area contributed by atoms with E-state index in [1.807, 2.05) is 18.2 Å². The van der Waals surface area contributed by atoms with Crippen molar-refractivity contribution in [3.05, 3.63) is 65.6 Å². The standard InChI is InChI=1S/C19H17N3O/c1-12-9-13(2)18(14(3)10-12)22-15-6-8-20-11-17(15)23-16-5-4-7-21-19(16)22/h4-11H,1-3H3. The molecular weight excluding hydrogens is 286 g/mol. The Balaban J connectivity index is 2.02. The Morgan fingerprint density at radius 3 is 2.52 bits per heavy atom. The van der Waals surface area contributed by atoms with E-state index in [-0.39, 0.29) is 0 Å². The highest BCUT2D eigenvalue weighted by molar-refractivity contribution is 5.86. The van der Waals surface area contributed by atoms with Crippen LogP contribution in [0.4, 0.5) is 17.2 Å². The summed E-state index contributed by atoms with van der Waals surface area (Å²) >= 11 is 0. The van der Waals surface area contributed by atoms with Gasteiger partial charge in [-0.3, -0.25) is 9.88 Å². The van der Waals surface area contributed by atoms with E-state index in [0.29, 0.717) is 0 Å². The maximum absolute atomic E-state index is 5.97. The van der Waals surface area contributed by atoms with Crippen LogP contribution in [0.15, 0.2) is 48.9 Å². The first-order valence-corrected chi connectivity index (χ1v) is 7.60. The molecule has 0 aliphatic carbocycles. The number of hydrogen-bond acceptors (Lipinski definition) is 4. The van der Waals surface area contributed by atoms with Gasteiger partial charge >= 0.3 is 0 Å². The van der Waals surface area contributed by atoms with Crippen molar-refractivity contribution in [2.24, 2.45) is 0 Å². The fourth-order valence-corrected chi connectivity index (χ4v) is 3.25. The number of ether oxygens (including phenoxy) is 1. The molecule has 1 aromatic carbocycles. The molecule has 3 aromatic rings. The minimum absolute atomic E-state index is 0.743. The zero-order chi connectivity index (χ0) is 16.0. The molecule has 114 valence electrons. The molecule has 0 unspecified atom stereocenters. The summed E-state index contributed by atoms with van der Waals surface area (Å²) in [7, 11) is 0. The molecule has 4 heteroatoms. The number of fused-ring (bicyclic) bond motifs is 2. The highest BCUT2D eigenvalue weighted by Gasteiger charge is 2.28. The molecule has 23 heavy (non-hydrogen) atoms. The Labute approximate surface area is 135 Å². The van der Waals surface area contributed by atoms with Crippen LogP contribution in [-0.2, 0) is 0 Å². The molecule has 0 radical (unpaired) electrons. The maximum Gasteiger partial charge on any atom is 0.181 e. The Kier molecular flexibility index (Phi) is 3.05. The molecule has 0 atom stereocenters. The second kappa shape index (κ2) is 5.09. The fourth-order valence-electron chi connectivity index (χ4n) is 3.25. The number of nitrogens with zero attached hydrogens (tertiary/aromatic N) is 3. The lowest BCUT2D eigenvalue weighted by molar-refractivity contribution is 0.471. The lowest BCUT2D eigenvalue weighted by atomic mass is 10.0. The van der Waals surface area contributed by atoms with Gasteiger partial charge in [-0.25, -0.2) is 4.98 Å². The van der Waals surface area contributed by atoms with Crippen molar-refractivity contribution in [1.29, 1.82) is 0 Å². The zero-order valence-corrected chi connectivity index (χ0v) is 13.4. The van der Waals surface area contributed by atoms with E-state index >= 15 is 0 Å². The summed E-state index contributed by atoms with van der Waals surface area (Å²) in [6, 6.07) is 10.2. The highest BCUT2D eigenvalue weighted by atomic mass is 16.5. The molecule has 4 rings (SSSR count). The molecule has 1 aliphatic rings. The summed E-state index contributed by atoms with van der Waals surface area (Å²) in [5.41, 5.74) is 5.79. The normalized spacial score (nSPS) is 12.4. The van der Waals surface area contributed by atoms with E-state index in [4.69, 9.17) is 4.74 Å². The number of anilines is 3. The number of aromatic nitrogens is 2. The summed E-state index contributed by atoms with van der Waals surface area (Å²) in [6.07, 6.45) is 5.32. The van der Waals surface area contributed by atoms with Crippen LogP contribution < -0.4 is 9.64 Å². The predicted octanol–water partition coefficient (Wildman–Crippen LogP) is 4.98. The first-order valence-electron chi connectivity index (χ1n) is 7.60. The number of rotatable bonds is 1. The predicted molar refractivity (Wildman–Crippen MR) is 91.0 cm³/mol. The molecule has 0 spiro atoms. The minimum Gasteiger partial charge on any atom is -0.450 e. The molecule has 4 nitrogen and oxygen atoms in total. The molecule has 3 heterocycles. The summed E-state index contributed by atoms with van der Waals surface area (Å²) in [6.45, 7) is 6.38. The monoisotopic (exact) mass is 303 g/mol. The van der Waals surface area contributed by atoms with Crippen LogP contribution in [0.3, 0.4) is 0 Å². The number of hydrogen-bond donors (Lipinski definition) is 0. The van der Waals surface area contributed by atoms with Gasteiger partial charge in [-0.15, -0.1) is 0 Å². The molecular formula is C19H17N3O. The third-order valence-electron chi connectivity index (χ3n) is 4.05. The van der Waals surface area contributed by atoms with E-state index in [9.17, 15) is 0 Å². The van der Waals surface area contributed by atoms with Crippen molar-refractivity contribution < 1.29 is 4.74 Å². The lowest BCUT2D eigenvalue weighted by Crippen LogP contribution is -2.19. The van der Waals surface area contributed by atoms with Crippen LogP contribution in [0.2, 0.25) is 0 Å². The quantitative estimate of drug-likeness (QED) is 0.497. The summed E-state index contributed by atoms with van der Waals surface area (Å²) in [5.74, 6) is 2.29. The third kappa shape index (κ3) is 2.14. The van der Waals surface area contributed by atoms with Crippen LogP contribution in [0, 0.1) is 20.8 Å². The second-order valence-corrected chi connectivity index (χ2v) is 5.85. The molecule has 0 N–H and O–H groups in total. The van der Waals surface area contributed by atoms with E-state index in [1.165, 1.54) is 16.7 Å². The average molecular weight is 303 g/mol. The van der Waals surface area contributed by atoms with Gasteiger partial charge < -0.3 is 4.74 Å². The van der Waals surface area contributed by atoms with Crippen LogP contribution in [0.5, 0.6) is 11.5 Å². The SMILES string of the molecule is Cc1cc(C)c(N2c3ccncc3Oc3cccnc32)c(C)c1. The van der Waals surface area contributed by atoms with Crippen LogP contribution in [0.1, 0.15) is 16.7 Å². The summed E-state index contributed by atoms with van der Waals surface area (Å²) < 4.78 is 5.97. The van der Waals surface area contributed by atoms with Gasteiger partial charge in [-0.05, 0) is 50.1 Å². The van der Waals surface area contributed by atoms with E-state index < -0.39 is 0 Å². The van der Waals surface area contributed by atoms with Crippen molar-refractivity contribution in [3.8, 4) is 11.5 Å². The molecule has 0 saturated heterocycles. The van der Waals surface area contributed by atoms with E-state index in [2.05, 4.69) is 47.8 Å². The van der Waals surface area contributed by atoms with Gasteiger partial charge in [0.05, 0.1) is 17.6 Å². The third-order valence-corrected chi connectivity index (χ3v) is 4.05. The smallest absolute Gasteiger partial charge is 0.181 e. The van der Waals surface area contributed by atoms with Crippen molar-refractivity contribution in [1.82, 2.24) is 9.97 Å². The fraction of sp³-hybridized carbons (Fsp3) is 0.158. The van der Waals surface area contributed by atoms with Crippen molar-refractivity contribution in [2.75, 3.05) is 4.90 Å². The number of aryl methyl sites for hydroxylation is 3. The zero-order valence-electron chi connectivity index (χ0n) is 13.4. The van der Waals surface area contributed by atoms with E-state index in [0.717, 1.165) is 28.7 Å². The van der Waals surface area contributed by atoms with Crippen molar-refractivity contribution >= 4 is 17.2 Å². The van der Waals surface area contributed by atoms with Crippen molar-refractivity contribution in [3.63, 3.8) is 0 Å². The Morgan fingerprint density at radius 1 is 0.957 bits per heavy atom. The van der Waals surface area contributed by atoms with Gasteiger partial charge in [0.2, 0.25) is 0 Å². The Hall–Kier alpha value is -2.88. The first kappa shape index (κ1) is 13.8. The maximum atomic E-state index is 5.97. The van der Waals surface area contributed by atoms with Gasteiger partial charge in [0.15, 0.2) is 17.3 Å². The number of benzene rings is 1. The minimum atomic E-state index is 0.743. The van der Waals surface area contributed by atoms with Crippen molar-refractivity contribution in [2.45, 2.75) is 20.8 Å². The highest BCUT2D eigenvalue weighted by Crippen LogP contribution is 2.50. The van der Waals surface area contributed by atoms with Gasteiger partial charge in [0.1, 0.15) is 0 Å². The molecule has 0 bridgehead atoms. The van der Waals surface area contributed by atoms with Gasteiger partial charge in [0, 0.05) is 12.4 Å². The van der Waals surface area contributed by atoms with Crippen LogP contribution in [-0.4, -0.2) is 9.97 Å². The second-order valence-electron chi connectivity index (χ2n) is 5.85. The van der Waals surface area contributed by atoms with Gasteiger partial charge in [0.25, 0.3) is 0 Å². The number of pyridine rings is 2. The first-order chi connectivity index (χ1) is 11.1. The molecule has 0 amide bonds. The van der Waals surface area contributed by atoms with Gasteiger partial charge in [-0.1, -0.05) is 17.7 Å². The Morgan fingerprint density at radius 2 is 1.74 bits per heavy atom. The molecule has 1 aliphatic heterocycles.